The molecule has 0 bridgehead atoms. The lowest BCUT2D eigenvalue weighted by atomic mass is 10.1. The summed E-state index contributed by atoms with van der Waals surface area (Å²) in [5, 5.41) is 0. The monoisotopic (exact) mass is 257 g/mol. The highest BCUT2D eigenvalue weighted by atomic mass is 79.9. The van der Waals surface area contributed by atoms with E-state index in [0.717, 1.165) is 23.1 Å². The topological polar surface area (TPSA) is 35.2 Å². The molecule has 0 radical (unpaired) electrons. The SMILES string of the molecule is COc1cccc(Br)c1CC[C@H](C)N. The molecule has 0 aromatic heterocycles. The number of methoxy groups -OCH3 is 1. The van der Waals surface area contributed by atoms with E-state index >= 15 is 0 Å². The van der Waals surface area contributed by atoms with Crippen LogP contribution in [0.15, 0.2) is 22.7 Å². The zero-order valence-electron chi connectivity index (χ0n) is 8.59. The van der Waals surface area contributed by atoms with Gasteiger partial charge < -0.3 is 10.5 Å². The van der Waals surface area contributed by atoms with Crippen molar-refractivity contribution in [3.05, 3.63) is 28.2 Å². The molecule has 1 aromatic rings. The van der Waals surface area contributed by atoms with E-state index in [9.17, 15) is 0 Å². The van der Waals surface area contributed by atoms with Crippen molar-refractivity contribution >= 4 is 15.9 Å². The minimum absolute atomic E-state index is 0.229. The Morgan fingerprint density at radius 3 is 2.79 bits per heavy atom. The summed E-state index contributed by atoms with van der Waals surface area (Å²) < 4.78 is 6.38. The van der Waals surface area contributed by atoms with Gasteiger partial charge in [0.2, 0.25) is 0 Å². The first-order chi connectivity index (χ1) is 6.65. The normalized spacial score (nSPS) is 12.6. The number of benzene rings is 1. The van der Waals surface area contributed by atoms with Crippen LogP contribution in [-0.2, 0) is 6.42 Å². The second kappa shape index (κ2) is 5.37. The number of hydrogen-bond donors (Lipinski definition) is 1. The Morgan fingerprint density at radius 2 is 2.21 bits per heavy atom. The maximum absolute atomic E-state index is 5.73. The van der Waals surface area contributed by atoms with Crippen LogP contribution in [0.5, 0.6) is 5.75 Å². The van der Waals surface area contributed by atoms with Crippen molar-refractivity contribution in [2.24, 2.45) is 5.73 Å². The summed E-state index contributed by atoms with van der Waals surface area (Å²) in [6.07, 6.45) is 1.92. The molecule has 2 N–H and O–H groups in total. The molecule has 14 heavy (non-hydrogen) atoms. The third-order valence-electron chi connectivity index (χ3n) is 2.15. The summed E-state index contributed by atoms with van der Waals surface area (Å²) in [5.74, 6) is 0.931. The fourth-order valence-electron chi connectivity index (χ4n) is 1.34. The Balaban J connectivity index is 2.82. The third kappa shape index (κ3) is 3.00. The van der Waals surface area contributed by atoms with Gasteiger partial charge in [-0.15, -0.1) is 0 Å². The first kappa shape index (κ1) is 11.5. The van der Waals surface area contributed by atoms with E-state index in [1.54, 1.807) is 7.11 Å². The lowest BCUT2D eigenvalue weighted by molar-refractivity contribution is 0.408. The number of rotatable bonds is 4. The number of nitrogens with two attached hydrogens (primary N) is 1. The zero-order chi connectivity index (χ0) is 10.6. The smallest absolute Gasteiger partial charge is 0.123 e. The van der Waals surface area contributed by atoms with Gasteiger partial charge in [-0.2, -0.15) is 0 Å². The van der Waals surface area contributed by atoms with Crippen molar-refractivity contribution in [2.75, 3.05) is 7.11 Å². The second-order valence-corrected chi connectivity index (χ2v) is 4.29. The van der Waals surface area contributed by atoms with E-state index in [4.69, 9.17) is 10.5 Å². The number of hydrogen-bond acceptors (Lipinski definition) is 2. The molecule has 0 aliphatic carbocycles. The van der Waals surface area contributed by atoms with Crippen LogP contribution in [-0.4, -0.2) is 13.2 Å². The van der Waals surface area contributed by atoms with E-state index in [1.165, 1.54) is 5.56 Å². The molecule has 1 rings (SSSR count). The van der Waals surface area contributed by atoms with Crippen molar-refractivity contribution in [2.45, 2.75) is 25.8 Å². The first-order valence-electron chi connectivity index (χ1n) is 4.72. The van der Waals surface area contributed by atoms with Gasteiger partial charge in [0, 0.05) is 16.1 Å². The first-order valence-corrected chi connectivity index (χ1v) is 5.51. The fourth-order valence-corrected chi connectivity index (χ4v) is 1.89. The molecule has 2 nitrogen and oxygen atoms in total. The Hall–Kier alpha value is -0.540. The van der Waals surface area contributed by atoms with Crippen LogP contribution in [0.25, 0.3) is 0 Å². The lowest BCUT2D eigenvalue weighted by Gasteiger charge is -2.11. The average molecular weight is 258 g/mol. The largest absolute Gasteiger partial charge is 0.496 e. The minimum atomic E-state index is 0.229. The van der Waals surface area contributed by atoms with Crippen molar-refractivity contribution in [1.82, 2.24) is 0 Å². The van der Waals surface area contributed by atoms with Gasteiger partial charge in [0.05, 0.1) is 7.11 Å². The van der Waals surface area contributed by atoms with Gasteiger partial charge in [-0.1, -0.05) is 22.0 Å². The van der Waals surface area contributed by atoms with Crippen LogP contribution in [0.3, 0.4) is 0 Å². The van der Waals surface area contributed by atoms with Crippen molar-refractivity contribution < 1.29 is 4.74 Å². The van der Waals surface area contributed by atoms with Gasteiger partial charge in [-0.05, 0) is 31.9 Å². The van der Waals surface area contributed by atoms with Crippen LogP contribution in [0.2, 0.25) is 0 Å². The van der Waals surface area contributed by atoms with Crippen molar-refractivity contribution in [3.8, 4) is 5.75 Å². The second-order valence-electron chi connectivity index (χ2n) is 3.44. The summed E-state index contributed by atoms with van der Waals surface area (Å²) in [7, 11) is 1.69. The maximum Gasteiger partial charge on any atom is 0.123 e. The van der Waals surface area contributed by atoms with E-state index in [2.05, 4.69) is 15.9 Å². The lowest BCUT2D eigenvalue weighted by Crippen LogP contribution is -2.15. The minimum Gasteiger partial charge on any atom is -0.496 e. The number of halogens is 1. The Kier molecular flexibility index (Phi) is 4.42. The summed E-state index contributed by atoms with van der Waals surface area (Å²) in [5.41, 5.74) is 6.93. The summed E-state index contributed by atoms with van der Waals surface area (Å²) >= 11 is 3.52. The molecule has 0 saturated carbocycles. The maximum atomic E-state index is 5.73. The van der Waals surface area contributed by atoms with Gasteiger partial charge in [0.1, 0.15) is 5.75 Å². The molecule has 0 unspecified atom stereocenters. The molecule has 0 amide bonds. The molecular weight excluding hydrogens is 242 g/mol. The van der Waals surface area contributed by atoms with Gasteiger partial charge in [0.15, 0.2) is 0 Å². The molecule has 1 aromatic carbocycles. The highest BCUT2D eigenvalue weighted by molar-refractivity contribution is 9.10. The standard InChI is InChI=1S/C11H16BrNO/c1-8(13)6-7-9-10(12)4-3-5-11(9)14-2/h3-5,8H,6-7,13H2,1-2H3/t8-/m0/s1. The molecule has 0 heterocycles. The number of ether oxygens (including phenoxy) is 1. The van der Waals surface area contributed by atoms with E-state index in [-0.39, 0.29) is 6.04 Å². The Morgan fingerprint density at radius 1 is 1.50 bits per heavy atom. The molecule has 3 heteroatoms. The molecular formula is C11H16BrNO. The van der Waals surface area contributed by atoms with E-state index < -0.39 is 0 Å². The van der Waals surface area contributed by atoms with Gasteiger partial charge in [0.25, 0.3) is 0 Å². The van der Waals surface area contributed by atoms with Crippen molar-refractivity contribution in [3.63, 3.8) is 0 Å². The predicted octanol–water partition coefficient (Wildman–Crippen LogP) is 2.74. The van der Waals surface area contributed by atoms with Gasteiger partial charge in [-0.25, -0.2) is 0 Å². The molecule has 0 aliphatic rings. The van der Waals surface area contributed by atoms with Crippen LogP contribution < -0.4 is 10.5 Å². The summed E-state index contributed by atoms with van der Waals surface area (Å²) in [4.78, 5) is 0. The van der Waals surface area contributed by atoms with Crippen LogP contribution >= 0.6 is 15.9 Å². The highest BCUT2D eigenvalue weighted by Crippen LogP contribution is 2.27. The fraction of sp³-hybridized carbons (Fsp3) is 0.455. The Labute approximate surface area is 93.6 Å². The third-order valence-corrected chi connectivity index (χ3v) is 2.89. The molecule has 0 spiro atoms. The van der Waals surface area contributed by atoms with Crippen LogP contribution in [0, 0.1) is 0 Å². The molecule has 0 saturated heterocycles. The summed E-state index contributed by atoms with van der Waals surface area (Å²) in [6, 6.07) is 6.20. The molecule has 1 atom stereocenters. The van der Waals surface area contributed by atoms with Gasteiger partial charge >= 0.3 is 0 Å². The molecule has 78 valence electrons. The van der Waals surface area contributed by atoms with Crippen molar-refractivity contribution in [1.29, 1.82) is 0 Å². The van der Waals surface area contributed by atoms with Crippen LogP contribution in [0.4, 0.5) is 0 Å². The van der Waals surface area contributed by atoms with Gasteiger partial charge in [-0.3, -0.25) is 0 Å². The summed E-state index contributed by atoms with van der Waals surface area (Å²) in [6.45, 7) is 2.02. The predicted molar refractivity (Wildman–Crippen MR) is 62.7 cm³/mol. The zero-order valence-corrected chi connectivity index (χ0v) is 10.2. The average Bonchev–Trinajstić information content (AvgIpc) is 2.15. The van der Waals surface area contributed by atoms with E-state index in [1.807, 2.05) is 25.1 Å². The quantitative estimate of drug-likeness (QED) is 0.901. The highest BCUT2D eigenvalue weighted by Gasteiger charge is 2.07. The molecule has 0 fully saturated rings. The molecule has 0 aliphatic heterocycles. The van der Waals surface area contributed by atoms with E-state index in [0.29, 0.717) is 0 Å². The Bertz CT molecular complexity index is 299. The van der Waals surface area contributed by atoms with Crippen LogP contribution in [0.1, 0.15) is 18.9 Å².